The number of pyridine rings is 2. The van der Waals surface area contributed by atoms with Crippen molar-refractivity contribution in [3.05, 3.63) is 108 Å². The first-order valence-electron chi connectivity index (χ1n) is 19.4. The van der Waals surface area contributed by atoms with Crippen molar-refractivity contribution in [3.63, 3.8) is 0 Å². The van der Waals surface area contributed by atoms with E-state index >= 15 is 0 Å². The van der Waals surface area contributed by atoms with E-state index in [-0.39, 0.29) is 16.9 Å². The van der Waals surface area contributed by atoms with Gasteiger partial charge in [0.1, 0.15) is 22.5 Å². The Morgan fingerprint density at radius 3 is 1.39 bits per heavy atom. The number of aromatic nitrogens is 2. The maximum Gasteiger partial charge on any atom is 0.141 e. The van der Waals surface area contributed by atoms with Crippen molar-refractivity contribution in [3.8, 4) is 44.9 Å². The van der Waals surface area contributed by atoms with Gasteiger partial charge in [0.2, 0.25) is 0 Å². The Balaban J connectivity index is 1.48. The van der Waals surface area contributed by atoms with Crippen LogP contribution >= 0.6 is 0 Å². The Morgan fingerprint density at radius 2 is 0.980 bits per heavy atom. The summed E-state index contributed by atoms with van der Waals surface area (Å²) >= 11 is 0. The van der Waals surface area contributed by atoms with Gasteiger partial charge in [-0.1, -0.05) is 115 Å². The number of nitrogens with zero attached hydrogens (tertiary/aromatic N) is 2. The van der Waals surface area contributed by atoms with Gasteiger partial charge in [0.05, 0.1) is 0 Å². The highest BCUT2D eigenvalue weighted by molar-refractivity contribution is 6.00. The fourth-order valence-corrected chi connectivity index (χ4v) is 9.04. The van der Waals surface area contributed by atoms with Crippen LogP contribution in [0.25, 0.3) is 55.2 Å². The van der Waals surface area contributed by atoms with E-state index in [0.29, 0.717) is 22.9 Å². The highest BCUT2D eigenvalue weighted by Gasteiger charge is 2.45. The number of hydrogen-bond acceptors (Lipinski definition) is 4. The van der Waals surface area contributed by atoms with Gasteiger partial charge in [0, 0.05) is 28.6 Å². The van der Waals surface area contributed by atoms with Crippen LogP contribution in [0, 0.1) is 11.8 Å². The molecule has 2 heterocycles. The predicted octanol–water partition coefficient (Wildman–Crippen LogP) is 13.0. The maximum absolute atomic E-state index is 10.7. The largest absolute Gasteiger partial charge is 0.506 e. The SMILES string of the molecule is CCCC[C@@H](CC)CC1(C[C@H](CC)CCCC)c2cc(-c3ccc(O)c4ncccc34)ccc2-c2ccc(-c3ccc(O)c4ncccc34)cc21. The summed E-state index contributed by atoms with van der Waals surface area (Å²) in [5.41, 5.74) is 11.2. The molecule has 262 valence electrons. The van der Waals surface area contributed by atoms with Crippen molar-refractivity contribution >= 4 is 21.8 Å². The van der Waals surface area contributed by atoms with Gasteiger partial charge >= 0.3 is 0 Å². The monoisotopic (exact) mass is 676 g/mol. The molecule has 0 amide bonds. The van der Waals surface area contributed by atoms with Crippen molar-refractivity contribution in [2.24, 2.45) is 11.8 Å². The number of phenols is 2. The lowest BCUT2D eigenvalue weighted by molar-refractivity contribution is 0.266. The summed E-state index contributed by atoms with van der Waals surface area (Å²) in [5, 5.41) is 23.4. The average molecular weight is 677 g/mol. The molecule has 51 heavy (non-hydrogen) atoms. The fraction of sp³-hybridized carbons (Fsp3) is 0.362. The molecular formula is C47H52N2O2. The molecule has 2 atom stereocenters. The minimum atomic E-state index is -0.157. The van der Waals surface area contributed by atoms with Crippen LogP contribution in [-0.4, -0.2) is 20.2 Å². The van der Waals surface area contributed by atoms with Gasteiger partial charge in [-0.25, -0.2) is 0 Å². The summed E-state index contributed by atoms with van der Waals surface area (Å²) in [6.45, 7) is 9.40. The van der Waals surface area contributed by atoms with Crippen LogP contribution in [0.1, 0.15) is 103 Å². The van der Waals surface area contributed by atoms with Crippen LogP contribution < -0.4 is 0 Å². The fourth-order valence-electron chi connectivity index (χ4n) is 9.04. The van der Waals surface area contributed by atoms with Gasteiger partial charge in [-0.05, 0) is 118 Å². The molecule has 4 heteroatoms. The summed E-state index contributed by atoms with van der Waals surface area (Å²) in [6.07, 6.45) is 15.5. The Morgan fingerprint density at radius 1 is 0.549 bits per heavy atom. The molecule has 2 N–H and O–H groups in total. The molecule has 6 aromatic rings. The molecule has 2 aromatic heterocycles. The standard InChI is InChI=1S/C47H52N2O2/c1-5-9-13-31(7-3)29-47(30-32(8-4)14-10-6-2)41-27-33(35-21-23-43(50)45-39(35)15-11-25-48-45)17-19-37(41)38-20-18-34(28-42(38)47)36-22-24-44(51)46-40(36)16-12-26-49-46/h11-12,15-28,31-32,50-51H,5-10,13-14,29-30H2,1-4H3/t31-,32-/m1/s1. The second-order valence-corrected chi connectivity index (χ2v) is 14.9. The zero-order chi connectivity index (χ0) is 35.5. The van der Waals surface area contributed by atoms with Gasteiger partial charge in [0.25, 0.3) is 0 Å². The molecular weight excluding hydrogens is 625 g/mol. The van der Waals surface area contributed by atoms with Crippen LogP contribution in [-0.2, 0) is 5.41 Å². The number of aromatic hydroxyl groups is 2. The first kappa shape index (κ1) is 34.7. The normalized spacial score (nSPS) is 14.4. The number of fused-ring (bicyclic) bond motifs is 5. The van der Waals surface area contributed by atoms with E-state index in [2.05, 4.69) is 98.3 Å². The van der Waals surface area contributed by atoms with Gasteiger partial charge in [0.15, 0.2) is 0 Å². The number of benzene rings is 4. The predicted molar refractivity (Wildman–Crippen MR) is 213 cm³/mol. The average Bonchev–Trinajstić information content (AvgIpc) is 3.43. The van der Waals surface area contributed by atoms with E-state index < -0.39 is 0 Å². The van der Waals surface area contributed by atoms with Crippen molar-refractivity contribution in [2.45, 2.75) is 97.3 Å². The maximum atomic E-state index is 10.7. The third-order valence-corrected chi connectivity index (χ3v) is 11.8. The number of hydrogen-bond donors (Lipinski definition) is 2. The third kappa shape index (κ3) is 6.39. The van der Waals surface area contributed by atoms with Crippen LogP contribution in [0.3, 0.4) is 0 Å². The first-order chi connectivity index (χ1) is 24.9. The summed E-state index contributed by atoms with van der Waals surface area (Å²) in [6, 6.07) is 30.0. The Bertz CT molecular complexity index is 2010. The zero-order valence-corrected chi connectivity index (χ0v) is 30.8. The van der Waals surface area contributed by atoms with Crippen LogP contribution in [0.15, 0.2) is 97.3 Å². The summed E-state index contributed by atoms with van der Waals surface area (Å²) in [7, 11) is 0. The van der Waals surface area contributed by atoms with Crippen molar-refractivity contribution in [1.29, 1.82) is 0 Å². The highest BCUT2D eigenvalue weighted by Crippen LogP contribution is 2.58. The molecule has 0 bridgehead atoms. The molecule has 0 aliphatic heterocycles. The van der Waals surface area contributed by atoms with E-state index in [1.54, 1.807) is 24.5 Å². The van der Waals surface area contributed by atoms with Crippen LogP contribution in [0.4, 0.5) is 0 Å². The summed E-state index contributed by atoms with van der Waals surface area (Å²) < 4.78 is 0. The van der Waals surface area contributed by atoms with Crippen molar-refractivity contribution in [1.82, 2.24) is 9.97 Å². The molecule has 4 aromatic carbocycles. The minimum absolute atomic E-state index is 0.157. The van der Waals surface area contributed by atoms with Gasteiger partial charge in [-0.2, -0.15) is 0 Å². The lowest BCUT2D eigenvalue weighted by atomic mass is 9.64. The molecule has 1 aliphatic carbocycles. The Labute approximate surface area is 303 Å². The minimum Gasteiger partial charge on any atom is -0.506 e. The topological polar surface area (TPSA) is 66.2 Å². The Hall–Kier alpha value is -4.70. The van der Waals surface area contributed by atoms with E-state index in [1.807, 2.05) is 12.1 Å². The van der Waals surface area contributed by atoms with E-state index in [1.165, 1.54) is 84.7 Å². The van der Waals surface area contributed by atoms with E-state index in [4.69, 9.17) is 0 Å². The first-order valence-corrected chi connectivity index (χ1v) is 19.4. The molecule has 7 rings (SSSR count). The van der Waals surface area contributed by atoms with E-state index in [9.17, 15) is 10.2 Å². The molecule has 4 nitrogen and oxygen atoms in total. The van der Waals surface area contributed by atoms with Gasteiger partial charge in [-0.15, -0.1) is 0 Å². The lowest BCUT2D eigenvalue weighted by Crippen LogP contribution is -2.31. The smallest absolute Gasteiger partial charge is 0.141 e. The molecule has 0 unspecified atom stereocenters. The zero-order valence-electron chi connectivity index (χ0n) is 30.8. The number of phenolic OH excluding ortho intramolecular Hbond substituents is 2. The summed E-state index contributed by atoms with van der Waals surface area (Å²) in [5.74, 6) is 1.64. The van der Waals surface area contributed by atoms with Gasteiger partial charge in [-0.3, -0.25) is 9.97 Å². The number of unbranched alkanes of at least 4 members (excludes halogenated alkanes) is 2. The molecule has 0 spiro atoms. The number of rotatable bonds is 14. The molecule has 0 radical (unpaired) electrons. The van der Waals surface area contributed by atoms with Crippen LogP contribution in [0.5, 0.6) is 11.5 Å². The van der Waals surface area contributed by atoms with E-state index in [0.717, 1.165) is 34.7 Å². The summed E-state index contributed by atoms with van der Waals surface area (Å²) in [4.78, 5) is 9.11. The third-order valence-electron chi connectivity index (χ3n) is 11.8. The lowest BCUT2D eigenvalue weighted by Gasteiger charge is -2.39. The molecule has 0 fully saturated rings. The van der Waals surface area contributed by atoms with Crippen LogP contribution in [0.2, 0.25) is 0 Å². The second kappa shape index (κ2) is 14.9. The molecule has 0 saturated carbocycles. The molecule has 0 saturated heterocycles. The quantitative estimate of drug-likeness (QED) is 0.120. The van der Waals surface area contributed by atoms with Crippen molar-refractivity contribution < 1.29 is 10.2 Å². The van der Waals surface area contributed by atoms with Crippen molar-refractivity contribution in [2.75, 3.05) is 0 Å². The second-order valence-electron chi connectivity index (χ2n) is 14.9. The Kier molecular flexibility index (Phi) is 10.1. The van der Waals surface area contributed by atoms with Gasteiger partial charge < -0.3 is 10.2 Å². The highest BCUT2D eigenvalue weighted by atomic mass is 16.3. The molecule has 1 aliphatic rings.